The van der Waals surface area contributed by atoms with E-state index >= 15 is 0 Å². The minimum absolute atomic E-state index is 0.271. The number of carbonyl (C=O) groups is 1. The first-order chi connectivity index (χ1) is 17.3. The molecule has 3 aromatic heterocycles. The number of hydrogen-bond donors (Lipinski definition) is 2. The highest BCUT2D eigenvalue weighted by Gasteiger charge is 2.15. The maximum absolute atomic E-state index is 12.2. The highest BCUT2D eigenvalue weighted by atomic mass is 127. The van der Waals surface area contributed by atoms with Gasteiger partial charge in [0.15, 0.2) is 5.65 Å². The zero-order chi connectivity index (χ0) is 25.8. The molecule has 4 rings (SSSR count). The van der Waals surface area contributed by atoms with Crippen molar-refractivity contribution < 1.29 is 4.79 Å². The second-order valence-electron chi connectivity index (χ2n) is 8.69. The molecule has 0 atom stereocenters. The fourth-order valence-corrected chi connectivity index (χ4v) is 4.35. The molecule has 0 saturated heterocycles. The van der Waals surface area contributed by atoms with Crippen LogP contribution in [0.1, 0.15) is 5.56 Å². The molecule has 3 heterocycles. The number of amides is 1. The van der Waals surface area contributed by atoms with Crippen LogP contribution in [0.4, 0.5) is 23.0 Å². The first-order valence-electron chi connectivity index (χ1n) is 11.4. The Morgan fingerprint density at radius 2 is 1.97 bits per heavy atom. The minimum Gasteiger partial charge on any atom is -0.372 e. The Morgan fingerprint density at radius 3 is 2.72 bits per heavy atom. The van der Waals surface area contributed by atoms with Gasteiger partial charge in [-0.2, -0.15) is 0 Å². The Hall–Kier alpha value is -3.51. The molecule has 186 valence electrons. The van der Waals surface area contributed by atoms with Gasteiger partial charge in [0.05, 0.1) is 32.5 Å². The van der Waals surface area contributed by atoms with Crippen LogP contribution in [0, 0.1) is 10.5 Å². The zero-order valence-corrected chi connectivity index (χ0v) is 22.9. The summed E-state index contributed by atoms with van der Waals surface area (Å²) in [5, 5.41) is 6.26. The number of benzene rings is 1. The molecule has 1 amide bonds. The van der Waals surface area contributed by atoms with Gasteiger partial charge in [-0.05, 0) is 85.6 Å². The van der Waals surface area contributed by atoms with E-state index in [-0.39, 0.29) is 5.91 Å². The number of likely N-dealkylation sites (N-methyl/N-ethyl adjacent to an activating group) is 2. The predicted octanol–water partition coefficient (Wildman–Crippen LogP) is 4.57. The van der Waals surface area contributed by atoms with Gasteiger partial charge in [0.25, 0.3) is 0 Å². The lowest BCUT2D eigenvalue weighted by Crippen LogP contribution is -2.29. The van der Waals surface area contributed by atoms with Crippen molar-refractivity contribution in [1.82, 2.24) is 24.3 Å². The van der Waals surface area contributed by atoms with Crippen molar-refractivity contribution in [2.45, 2.75) is 6.92 Å². The number of anilines is 4. The van der Waals surface area contributed by atoms with E-state index in [1.54, 1.807) is 6.20 Å². The Morgan fingerprint density at radius 1 is 1.17 bits per heavy atom. The largest absolute Gasteiger partial charge is 0.372 e. The van der Waals surface area contributed by atoms with Crippen molar-refractivity contribution in [3.8, 4) is 11.4 Å². The monoisotopic (exact) mass is 596 g/mol. The van der Waals surface area contributed by atoms with Gasteiger partial charge in [-0.25, -0.2) is 15.0 Å². The highest BCUT2D eigenvalue weighted by Crippen LogP contribution is 2.33. The summed E-state index contributed by atoms with van der Waals surface area (Å²) in [6, 6.07) is 9.82. The molecule has 0 radical (unpaired) electrons. The molecule has 0 spiro atoms. The Balaban J connectivity index is 1.67. The SMILES string of the molecule is C=CC(=O)Nc1cc(Nc2nccc(-c3cnc4c(I)cccn34)n2)c(C)cc1N(C)CCN(C)C. The van der Waals surface area contributed by atoms with Crippen LogP contribution >= 0.6 is 22.6 Å². The van der Waals surface area contributed by atoms with Crippen LogP contribution in [0.5, 0.6) is 0 Å². The van der Waals surface area contributed by atoms with Gasteiger partial charge in [0.1, 0.15) is 0 Å². The molecule has 0 unspecified atom stereocenters. The molecule has 36 heavy (non-hydrogen) atoms. The van der Waals surface area contributed by atoms with Crippen LogP contribution in [-0.4, -0.2) is 64.4 Å². The summed E-state index contributed by atoms with van der Waals surface area (Å²) in [5.74, 6) is 0.179. The third-order valence-electron chi connectivity index (χ3n) is 5.73. The van der Waals surface area contributed by atoms with E-state index < -0.39 is 0 Å². The number of aryl methyl sites for hydroxylation is 1. The summed E-state index contributed by atoms with van der Waals surface area (Å²) in [5.41, 5.74) is 5.91. The number of hydrogen-bond acceptors (Lipinski definition) is 7. The fourth-order valence-electron chi connectivity index (χ4n) is 3.75. The summed E-state index contributed by atoms with van der Waals surface area (Å²) >= 11 is 2.27. The Bertz CT molecular complexity index is 1410. The average Bonchev–Trinajstić information content (AvgIpc) is 3.30. The molecule has 0 saturated carbocycles. The van der Waals surface area contributed by atoms with Crippen molar-refractivity contribution >= 4 is 57.2 Å². The number of carbonyl (C=O) groups excluding carboxylic acids is 1. The minimum atomic E-state index is -0.271. The van der Waals surface area contributed by atoms with E-state index in [9.17, 15) is 4.79 Å². The van der Waals surface area contributed by atoms with Crippen LogP contribution < -0.4 is 15.5 Å². The molecule has 0 aliphatic carbocycles. The van der Waals surface area contributed by atoms with Gasteiger partial charge in [-0.15, -0.1) is 0 Å². The smallest absolute Gasteiger partial charge is 0.247 e. The van der Waals surface area contributed by atoms with Gasteiger partial charge in [0, 0.05) is 38.2 Å². The van der Waals surface area contributed by atoms with Gasteiger partial charge in [0.2, 0.25) is 11.9 Å². The van der Waals surface area contributed by atoms with Gasteiger partial charge in [-0.1, -0.05) is 6.58 Å². The van der Waals surface area contributed by atoms with Crippen molar-refractivity contribution in [2.24, 2.45) is 0 Å². The summed E-state index contributed by atoms with van der Waals surface area (Å²) in [7, 11) is 6.08. The van der Waals surface area contributed by atoms with Crippen LogP contribution in [0.2, 0.25) is 0 Å². The second kappa shape index (κ2) is 11.0. The molecule has 0 aliphatic rings. The van der Waals surface area contributed by atoms with E-state index in [2.05, 4.69) is 59.6 Å². The summed E-state index contributed by atoms with van der Waals surface area (Å²) < 4.78 is 3.08. The molecule has 4 aromatic rings. The summed E-state index contributed by atoms with van der Waals surface area (Å²) in [6.07, 6.45) is 6.77. The van der Waals surface area contributed by atoms with Crippen LogP contribution in [0.25, 0.3) is 17.0 Å². The molecule has 9 nitrogen and oxygen atoms in total. The van der Waals surface area contributed by atoms with Gasteiger partial charge >= 0.3 is 0 Å². The Kier molecular flexibility index (Phi) is 7.85. The third-order valence-corrected chi connectivity index (χ3v) is 6.57. The van der Waals surface area contributed by atoms with E-state index in [1.807, 2.05) is 75.2 Å². The quantitative estimate of drug-likeness (QED) is 0.216. The first-order valence-corrected chi connectivity index (χ1v) is 12.5. The van der Waals surface area contributed by atoms with E-state index in [1.165, 1.54) is 6.08 Å². The van der Waals surface area contributed by atoms with Gasteiger partial charge < -0.3 is 20.4 Å². The number of nitrogens with zero attached hydrogens (tertiary/aromatic N) is 6. The van der Waals surface area contributed by atoms with Crippen molar-refractivity contribution in [3.05, 3.63) is 70.7 Å². The second-order valence-corrected chi connectivity index (χ2v) is 9.85. The maximum atomic E-state index is 12.2. The number of rotatable bonds is 9. The van der Waals surface area contributed by atoms with Crippen molar-refractivity contribution in [2.75, 3.05) is 49.8 Å². The molecule has 1 aromatic carbocycles. The number of pyridine rings is 1. The van der Waals surface area contributed by atoms with E-state index in [4.69, 9.17) is 4.98 Å². The molecule has 2 N–H and O–H groups in total. The molecule has 0 bridgehead atoms. The standard InChI is InChI=1S/C26H29IN8O/c1-6-24(36)30-21-15-20(17(2)14-22(21)34(5)13-12-33(3)4)32-26-28-10-9-19(31-26)23-16-29-25-18(27)8-7-11-35(23)25/h6-11,14-16H,1,12-13H2,2-5H3,(H,30,36)(H,28,31,32). The van der Waals surface area contributed by atoms with Crippen LogP contribution in [0.15, 0.2) is 61.6 Å². The highest BCUT2D eigenvalue weighted by molar-refractivity contribution is 14.1. The Labute approximate surface area is 224 Å². The van der Waals surface area contributed by atoms with Crippen molar-refractivity contribution in [3.63, 3.8) is 0 Å². The number of imidazole rings is 1. The summed E-state index contributed by atoms with van der Waals surface area (Å²) in [6.45, 7) is 7.29. The molecular formula is C26H29IN8O. The van der Waals surface area contributed by atoms with E-state index in [0.717, 1.165) is 50.6 Å². The summed E-state index contributed by atoms with van der Waals surface area (Å²) in [4.78, 5) is 30.1. The normalized spacial score (nSPS) is 11.1. The maximum Gasteiger partial charge on any atom is 0.247 e. The third kappa shape index (κ3) is 5.65. The molecule has 0 aliphatic heterocycles. The lowest BCUT2D eigenvalue weighted by atomic mass is 10.1. The first kappa shape index (κ1) is 25.6. The molecule has 0 fully saturated rings. The van der Waals surface area contributed by atoms with Gasteiger partial charge in [-0.3, -0.25) is 9.20 Å². The van der Waals surface area contributed by atoms with Crippen molar-refractivity contribution in [1.29, 1.82) is 0 Å². The lowest BCUT2D eigenvalue weighted by Gasteiger charge is -2.25. The fraction of sp³-hybridized carbons (Fsp3) is 0.231. The number of nitrogens with one attached hydrogen (secondary N) is 2. The number of halogens is 1. The zero-order valence-electron chi connectivity index (χ0n) is 20.8. The van der Waals surface area contributed by atoms with Crippen LogP contribution in [-0.2, 0) is 4.79 Å². The van der Waals surface area contributed by atoms with E-state index in [0.29, 0.717) is 11.6 Å². The molecule has 10 heteroatoms. The number of aromatic nitrogens is 4. The van der Waals surface area contributed by atoms with Crippen LogP contribution in [0.3, 0.4) is 0 Å². The molecular weight excluding hydrogens is 567 g/mol. The predicted molar refractivity (Wildman–Crippen MR) is 154 cm³/mol. The average molecular weight is 596 g/mol. The topological polar surface area (TPSA) is 90.7 Å². The lowest BCUT2D eigenvalue weighted by molar-refractivity contribution is -0.111. The number of fused-ring (bicyclic) bond motifs is 1.